The minimum atomic E-state index is -0.287. The van der Waals surface area contributed by atoms with Crippen molar-refractivity contribution in [3.05, 3.63) is 12.3 Å². The largest absolute Gasteiger partial charge is 0.466 e. The molecule has 0 aromatic rings. The quantitative estimate of drug-likeness (QED) is 0.479. The summed E-state index contributed by atoms with van der Waals surface area (Å²) in [6, 6.07) is 0. The molecule has 0 radical (unpaired) electrons. The van der Waals surface area contributed by atoms with Crippen molar-refractivity contribution >= 4 is 5.97 Å². The predicted molar refractivity (Wildman–Crippen MR) is 51.1 cm³/mol. The van der Waals surface area contributed by atoms with E-state index in [1.54, 1.807) is 0 Å². The summed E-state index contributed by atoms with van der Waals surface area (Å²) in [5.74, 6) is -0.287. The number of likely N-dealkylation sites (tertiary alicyclic amines) is 1. The first-order valence-corrected chi connectivity index (χ1v) is 4.54. The van der Waals surface area contributed by atoms with Crippen molar-refractivity contribution in [3.8, 4) is 0 Å². The van der Waals surface area contributed by atoms with Gasteiger partial charge in [0.25, 0.3) is 0 Å². The van der Waals surface area contributed by atoms with E-state index in [2.05, 4.69) is 23.5 Å². The number of ether oxygens (including phenoxy) is 1. The van der Waals surface area contributed by atoms with Crippen LogP contribution in [0, 0.1) is 5.41 Å². The zero-order valence-electron chi connectivity index (χ0n) is 8.54. The molecule has 0 amide bonds. The van der Waals surface area contributed by atoms with Crippen molar-refractivity contribution in [2.45, 2.75) is 20.3 Å². The molecular weight excluding hydrogens is 166 g/mol. The Balaban J connectivity index is 2.40. The third-order valence-electron chi connectivity index (χ3n) is 2.33. The Morgan fingerprint density at radius 3 is 2.69 bits per heavy atom. The van der Waals surface area contributed by atoms with E-state index in [1.165, 1.54) is 19.6 Å². The number of nitrogens with zero attached hydrogens (tertiary/aromatic N) is 1. The van der Waals surface area contributed by atoms with E-state index in [1.807, 2.05) is 6.20 Å². The van der Waals surface area contributed by atoms with Crippen molar-refractivity contribution < 1.29 is 9.53 Å². The summed E-state index contributed by atoms with van der Waals surface area (Å²) in [7, 11) is 1.39. The molecule has 0 atom stereocenters. The number of rotatable bonds is 2. The van der Waals surface area contributed by atoms with Crippen molar-refractivity contribution in [2.75, 3.05) is 20.2 Å². The topological polar surface area (TPSA) is 29.5 Å². The Kier molecular flexibility index (Phi) is 2.96. The fraction of sp³-hybridized carbons (Fsp3) is 0.700. The summed E-state index contributed by atoms with van der Waals surface area (Å²) in [6.07, 6.45) is 4.47. The second kappa shape index (κ2) is 3.81. The minimum Gasteiger partial charge on any atom is -0.466 e. The molecule has 1 saturated heterocycles. The van der Waals surface area contributed by atoms with E-state index in [0.29, 0.717) is 5.41 Å². The van der Waals surface area contributed by atoms with Crippen LogP contribution >= 0.6 is 0 Å². The molecule has 1 aliphatic heterocycles. The molecule has 74 valence electrons. The molecule has 0 aromatic carbocycles. The molecule has 0 unspecified atom stereocenters. The number of esters is 1. The molecule has 0 aliphatic carbocycles. The van der Waals surface area contributed by atoms with Gasteiger partial charge in [-0.2, -0.15) is 0 Å². The van der Waals surface area contributed by atoms with Gasteiger partial charge in [-0.1, -0.05) is 13.8 Å². The second-order valence-corrected chi connectivity index (χ2v) is 4.22. The minimum absolute atomic E-state index is 0.287. The second-order valence-electron chi connectivity index (χ2n) is 4.22. The highest BCUT2D eigenvalue weighted by atomic mass is 16.5. The van der Waals surface area contributed by atoms with Gasteiger partial charge >= 0.3 is 5.97 Å². The monoisotopic (exact) mass is 183 g/mol. The van der Waals surface area contributed by atoms with Crippen LogP contribution in [-0.2, 0) is 9.53 Å². The summed E-state index contributed by atoms with van der Waals surface area (Å²) in [6.45, 7) is 6.51. The van der Waals surface area contributed by atoms with Gasteiger partial charge in [-0.05, 0) is 11.8 Å². The average Bonchev–Trinajstić information content (AvgIpc) is 2.41. The number of carbonyl (C=O) groups excluding carboxylic acids is 1. The van der Waals surface area contributed by atoms with Crippen LogP contribution in [0.1, 0.15) is 20.3 Å². The van der Waals surface area contributed by atoms with Crippen LogP contribution in [-0.4, -0.2) is 31.1 Å². The molecule has 13 heavy (non-hydrogen) atoms. The van der Waals surface area contributed by atoms with E-state index in [4.69, 9.17) is 0 Å². The molecule has 1 heterocycles. The molecule has 3 heteroatoms. The lowest BCUT2D eigenvalue weighted by Gasteiger charge is -2.17. The maximum absolute atomic E-state index is 10.8. The maximum atomic E-state index is 10.8. The third-order valence-corrected chi connectivity index (χ3v) is 2.33. The zero-order chi connectivity index (χ0) is 9.90. The van der Waals surface area contributed by atoms with Crippen LogP contribution in [0.3, 0.4) is 0 Å². The molecule has 0 aromatic heterocycles. The zero-order valence-corrected chi connectivity index (χ0v) is 8.54. The van der Waals surface area contributed by atoms with Gasteiger partial charge < -0.3 is 9.64 Å². The van der Waals surface area contributed by atoms with E-state index < -0.39 is 0 Å². The maximum Gasteiger partial charge on any atom is 0.331 e. The number of hydrogen-bond acceptors (Lipinski definition) is 3. The molecule has 3 nitrogen and oxygen atoms in total. The number of carbonyl (C=O) groups is 1. The fourth-order valence-corrected chi connectivity index (χ4v) is 1.52. The van der Waals surface area contributed by atoms with Crippen molar-refractivity contribution in [2.24, 2.45) is 5.41 Å². The van der Waals surface area contributed by atoms with Crippen LogP contribution < -0.4 is 0 Å². The van der Waals surface area contributed by atoms with Gasteiger partial charge in [0.1, 0.15) is 0 Å². The third kappa shape index (κ3) is 3.09. The molecule has 0 saturated carbocycles. The van der Waals surface area contributed by atoms with Crippen molar-refractivity contribution in [3.63, 3.8) is 0 Å². The first-order chi connectivity index (χ1) is 6.03. The van der Waals surface area contributed by atoms with Crippen molar-refractivity contribution in [1.29, 1.82) is 0 Å². The Labute approximate surface area is 79.4 Å². The van der Waals surface area contributed by atoms with Gasteiger partial charge in [-0.25, -0.2) is 4.79 Å². The van der Waals surface area contributed by atoms with E-state index in [9.17, 15) is 4.79 Å². The lowest BCUT2D eigenvalue weighted by Crippen LogP contribution is -2.18. The average molecular weight is 183 g/mol. The van der Waals surface area contributed by atoms with Gasteiger partial charge in [-0.15, -0.1) is 0 Å². The van der Waals surface area contributed by atoms with Crippen LogP contribution in [0.15, 0.2) is 12.3 Å². The van der Waals surface area contributed by atoms with Gasteiger partial charge in [0, 0.05) is 25.4 Å². The summed E-state index contributed by atoms with van der Waals surface area (Å²) in [5.41, 5.74) is 0.375. The molecule has 1 aliphatic rings. The predicted octanol–water partition coefficient (Wildman–Crippen LogP) is 1.41. The molecule has 0 bridgehead atoms. The molecule has 0 spiro atoms. The van der Waals surface area contributed by atoms with Gasteiger partial charge in [-0.3, -0.25) is 0 Å². The Morgan fingerprint density at radius 2 is 2.23 bits per heavy atom. The number of methoxy groups -OCH3 is 1. The summed E-state index contributed by atoms with van der Waals surface area (Å²) < 4.78 is 4.51. The summed E-state index contributed by atoms with van der Waals surface area (Å²) in [4.78, 5) is 12.9. The highest BCUT2D eigenvalue weighted by Crippen LogP contribution is 2.28. The fourth-order valence-electron chi connectivity index (χ4n) is 1.52. The van der Waals surface area contributed by atoms with Crippen LogP contribution in [0.25, 0.3) is 0 Å². The van der Waals surface area contributed by atoms with Crippen molar-refractivity contribution in [1.82, 2.24) is 4.90 Å². The van der Waals surface area contributed by atoms with Crippen LogP contribution in [0.4, 0.5) is 0 Å². The standard InChI is InChI=1S/C10H17NO2/c1-10(2)5-7-11(8-10)6-4-9(12)13-3/h4,6H,5,7-8H2,1-3H3. The lowest BCUT2D eigenvalue weighted by molar-refractivity contribution is -0.134. The Morgan fingerprint density at radius 1 is 1.54 bits per heavy atom. The SMILES string of the molecule is COC(=O)C=CN1CCC(C)(C)C1. The highest BCUT2D eigenvalue weighted by Gasteiger charge is 2.27. The summed E-state index contributed by atoms with van der Waals surface area (Å²) >= 11 is 0. The first kappa shape index (κ1) is 10.1. The molecule has 0 N–H and O–H groups in total. The molecular formula is C10H17NO2. The molecule has 1 rings (SSSR count). The van der Waals surface area contributed by atoms with Gasteiger partial charge in [0.2, 0.25) is 0 Å². The summed E-state index contributed by atoms with van der Waals surface area (Å²) in [5, 5.41) is 0. The van der Waals surface area contributed by atoms with Crippen LogP contribution in [0.5, 0.6) is 0 Å². The lowest BCUT2D eigenvalue weighted by atomic mass is 9.93. The van der Waals surface area contributed by atoms with E-state index in [0.717, 1.165) is 13.1 Å². The van der Waals surface area contributed by atoms with Gasteiger partial charge in [0.15, 0.2) is 0 Å². The van der Waals surface area contributed by atoms with Crippen LogP contribution in [0.2, 0.25) is 0 Å². The van der Waals surface area contributed by atoms with Gasteiger partial charge in [0.05, 0.1) is 7.11 Å². The van der Waals surface area contributed by atoms with E-state index in [-0.39, 0.29) is 5.97 Å². The smallest absolute Gasteiger partial charge is 0.331 e. The highest BCUT2D eigenvalue weighted by molar-refractivity contribution is 5.81. The Bertz CT molecular complexity index is 221. The van der Waals surface area contributed by atoms with E-state index >= 15 is 0 Å². The normalized spacial score (nSPS) is 21.0. The molecule has 1 fully saturated rings. The number of hydrogen-bond donors (Lipinski definition) is 0. The first-order valence-electron chi connectivity index (χ1n) is 4.54. The Hall–Kier alpha value is -0.990.